The van der Waals surface area contributed by atoms with Gasteiger partial charge in [-0.1, -0.05) is 0 Å². The van der Waals surface area contributed by atoms with Gasteiger partial charge in [-0.25, -0.2) is 4.98 Å². The third-order valence-corrected chi connectivity index (χ3v) is 4.14. The second kappa shape index (κ2) is 5.07. The van der Waals surface area contributed by atoms with E-state index in [1.165, 1.54) is 4.88 Å². The van der Waals surface area contributed by atoms with E-state index in [4.69, 9.17) is 0 Å². The van der Waals surface area contributed by atoms with Crippen LogP contribution in [0.3, 0.4) is 0 Å². The Bertz CT molecular complexity index is 596. The highest BCUT2D eigenvalue weighted by molar-refractivity contribution is 7.15. The number of anilines is 1. The fourth-order valence-electron chi connectivity index (χ4n) is 2.05. The summed E-state index contributed by atoms with van der Waals surface area (Å²) in [5.74, 6) is -0.160. The van der Waals surface area contributed by atoms with Gasteiger partial charge in [0.15, 0.2) is 5.13 Å². The van der Waals surface area contributed by atoms with Crippen LogP contribution < -0.4 is 5.32 Å². The lowest BCUT2D eigenvalue weighted by atomic mass is 10.2. The number of likely N-dealkylation sites (N-methyl/N-ethyl adjacent to an activating group) is 1. The highest BCUT2D eigenvalue weighted by Gasteiger charge is 2.19. The molecule has 0 radical (unpaired) electrons. The summed E-state index contributed by atoms with van der Waals surface area (Å²) in [6.07, 6.45) is 4.21. The summed E-state index contributed by atoms with van der Waals surface area (Å²) < 4.78 is 0. The Morgan fingerprint density at radius 1 is 1.53 bits per heavy atom. The molecule has 0 aliphatic carbocycles. The summed E-state index contributed by atoms with van der Waals surface area (Å²) in [7, 11) is 2.08. The molecule has 0 saturated heterocycles. The van der Waals surface area contributed by atoms with E-state index in [-0.39, 0.29) is 5.91 Å². The smallest absolute Gasteiger partial charge is 0.259 e. The van der Waals surface area contributed by atoms with Crippen molar-refractivity contribution >= 4 is 22.4 Å². The van der Waals surface area contributed by atoms with Gasteiger partial charge in [-0.3, -0.25) is 15.1 Å². The minimum absolute atomic E-state index is 0.160. The highest BCUT2D eigenvalue weighted by Crippen LogP contribution is 2.27. The van der Waals surface area contributed by atoms with Crippen LogP contribution in [0.5, 0.6) is 0 Å². The third kappa shape index (κ3) is 2.64. The lowest BCUT2D eigenvalue weighted by molar-refractivity contribution is 0.102. The van der Waals surface area contributed by atoms with E-state index in [9.17, 15) is 4.79 Å². The molecule has 1 amide bonds. The molecule has 1 aliphatic rings. The van der Waals surface area contributed by atoms with Gasteiger partial charge in [0.2, 0.25) is 0 Å². The lowest BCUT2D eigenvalue weighted by Gasteiger charge is -2.20. The van der Waals surface area contributed by atoms with Crippen LogP contribution in [0.2, 0.25) is 0 Å². The summed E-state index contributed by atoms with van der Waals surface area (Å²) in [4.78, 5) is 23.9. The van der Waals surface area contributed by atoms with Crippen LogP contribution in [-0.4, -0.2) is 34.4 Å². The Morgan fingerprint density at radius 2 is 2.42 bits per heavy atom. The Kier molecular flexibility index (Phi) is 3.27. The molecule has 3 heterocycles. The number of carbonyl (C=O) groups excluding carboxylic acids is 1. The summed E-state index contributed by atoms with van der Waals surface area (Å²) in [6.45, 7) is 1.90. The van der Waals surface area contributed by atoms with Crippen LogP contribution in [0.25, 0.3) is 0 Å². The van der Waals surface area contributed by atoms with Crippen LogP contribution in [0.1, 0.15) is 20.9 Å². The number of pyridine rings is 1. The molecule has 2 aromatic heterocycles. The molecule has 2 aromatic rings. The Hall–Kier alpha value is -1.79. The number of rotatable bonds is 2. The minimum Gasteiger partial charge on any atom is -0.300 e. The third-order valence-electron chi connectivity index (χ3n) is 3.06. The van der Waals surface area contributed by atoms with E-state index < -0.39 is 0 Å². The maximum atomic E-state index is 12.0. The van der Waals surface area contributed by atoms with E-state index in [1.807, 2.05) is 0 Å². The average molecular weight is 274 g/mol. The molecular weight excluding hydrogens is 260 g/mol. The van der Waals surface area contributed by atoms with Crippen LogP contribution in [0.4, 0.5) is 5.13 Å². The van der Waals surface area contributed by atoms with E-state index in [1.54, 1.807) is 35.9 Å². The molecule has 5 nitrogen and oxygen atoms in total. The molecule has 1 aliphatic heterocycles. The van der Waals surface area contributed by atoms with E-state index in [2.05, 4.69) is 27.2 Å². The van der Waals surface area contributed by atoms with Crippen molar-refractivity contribution in [3.05, 3.63) is 40.7 Å². The Balaban J connectivity index is 1.76. The van der Waals surface area contributed by atoms with Gasteiger partial charge in [0.25, 0.3) is 5.91 Å². The molecule has 3 rings (SSSR count). The summed E-state index contributed by atoms with van der Waals surface area (Å²) in [5.41, 5.74) is 1.63. The molecule has 0 atom stereocenters. The second-order valence-corrected chi connectivity index (χ2v) is 5.66. The number of thiazole rings is 1. The normalized spacial score (nSPS) is 15.0. The number of fused-ring (bicyclic) bond motifs is 1. The minimum atomic E-state index is -0.160. The quantitative estimate of drug-likeness (QED) is 0.907. The SMILES string of the molecule is CN1CCc2sc(NC(=O)c3cccnc3)nc2C1. The predicted molar refractivity (Wildman–Crippen MR) is 74.3 cm³/mol. The van der Waals surface area contributed by atoms with Crippen molar-refractivity contribution < 1.29 is 4.79 Å². The number of hydrogen-bond donors (Lipinski definition) is 1. The van der Waals surface area contributed by atoms with Gasteiger partial charge < -0.3 is 4.90 Å². The van der Waals surface area contributed by atoms with Gasteiger partial charge in [0.05, 0.1) is 11.3 Å². The highest BCUT2D eigenvalue weighted by atomic mass is 32.1. The van der Waals surface area contributed by atoms with Gasteiger partial charge >= 0.3 is 0 Å². The zero-order valence-corrected chi connectivity index (χ0v) is 11.4. The second-order valence-electron chi connectivity index (χ2n) is 4.57. The van der Waals surface area contributed by atoms with Gasteiger partial charge in [0.1, 0.15) is 0 Å². The molecular formula is C13H14N4OS. The van der Waals surface area contributed by atoms with Gasteiger partial charge in [-0.15, -0.1) is 11.3 Å². The molecule has 0 spiro atoms. The lowest BCUT2D eigenvalue weighted by Crippen LogP contribution is -2.25. The number of nitrogens with one attached hydrogen (secondary N) is 1. The average Bonchev–Trinajstić information content (AvgIpc) is 2.81. The fourth-order valence-corrected chi connectivity index (χ4v) is 3.00. The van der Waals surface area contributed by atoms with Gasteiger partial charge in [-0.2, -0.15) is 0 Å². The summed E-state index contributed by atoms with van der Waals surface area (Å²) in [5, 5.41) is 3.52. The van der Waals surface area contributed by atoms with Crippen molar-refractivity contribution in [1.29, 1.82) is 0 Å². The number of carbonyl (C=O) groups is 1. The molecule has 0 aromatic carbocycles. The van der Waals surface area contributed by atoms with Gasteiger partial charge in [-0.05, 0) is 25.6 Å². The zero-order chi connectivity index (χ0) is 13.2. The fraction of sp³-hybridized carbons (Fsp3) is 0.308. The molecule has 1 N–H and O–H groups in total. The first-order valence-electron chi connectivity index (χ1n) is 6.11. The van der Waals surface area contributed by atoms with Crippen molar-refractivity contribution in [3.8, 4) is 0 Å². The molecule has 0 fully saturated rings. The molecule has 0 bridgehead atoms. The zero-order valence-electron chi connectivity index (χ0n) is 10.6. The van der Waals surface area contributed by atoms with Crippen LogP contribution >= 0.6 is 11.3 Å². The maximum absolute atomic E-state index is 12.0. The largest absolute Gasteiger partial charge is 0.300 e. The van der Waals surface area contributed by atoms with E-state index in [0.29, 0.717) is 10.7 Å². The molecule has 19 heavy (non-hydrogen) atoms. The van der Waals surface area contributed by atoms with Crippen molar-refractivity contribution in [2.45, 2.75) is 13.0 Å². The summed E-state index contributed by atoms with van der Waals surface area (Å²) >= 11 is 1.57. The number of aromatic nitrogens is 2. The van der Waals surface area contributed by atoms with Crippen LogP contribution in [-0.2, 0) is 13.0 Å². The first-order valence-corrected chi connectivity index (χ1v) is 6.92. The maximum Gasteiger partial charge on any atom is 0.259 e. The standard InChI is InChI=1S/C13H14N4OS/c1-17-6-4-11-10(8-17)15-13(19-11)16-12(18)9-3-2-5-14-7-9/h2-3,5,7H,4,6,8H2,1H3,(H,15,16,18). The first-order chi connectivity index (χ1) is 9.22. The van der Waals surface area contributed by atoms with Crippen LogP contribution in [0, 0.1) is 0 Å². The predicted octanol–water partition coefficient (Wildman–Crippen LogP) is 1.78. The monoisotopic (exact) mass is 274 g/mol. The molecule has 6 heteroatoms. The molecule has 0 saturated carbocycles. The van der Waals surface area contributed by atoms with Crippen molar-refractivity contribution in [2.24, 2.45) is 0 Å². The van der Waals surface area contributed by atoms with E-state index >= 15 is 0 Å². The topological polar surface area (TPSA) is 58.1 Å². The molecule has 0 unspecified atom stereocenters. The number of amides is 1. The number of nitrogens with zero attached hydrogens (tertiary/aromatic N) is 3. The Labute approximate surface area is 115 Å². The first kappa shape index (κ1) is 12.3. The van der Waals surface area contributed by atoms with Crippen molar-refractivity contribution in [1.82, 2.24) is 14.9 Å². The Morgan fingerprint density at radius 3 is 3.21 bits per heavy atom. The number of hydrogen-bond acceptors (Lipinski definition) is 5. The van der Waals surface area contributed by atoms with Crippen molar-refractivity contribution in [3.63, 3.8) is 0 Å². The van der Waals surface area contributed by atoms with Crippen molar-refractivity contribution in [2.75, 3.05) is 18.9 Å². The molecule has 98 valence electrons. The van der Waals surface area contributed by atoms with E-state index in [0.717, 1.165) is 25.2 Å². The van der Waals surface area contributed by atoms with Crippen LogP contribution in [0.15, 0.2) is 24.5 Å². The van der Waals surface area contributed by atoms with Gasteiger partial charge in [0, 0.05) is 30.4 Å². The summed E-state index contributed by atoms with van der Waals surface area (Å²) in [6, 6.07) is 3.49.